The topological polar surface area (TPSA) is 81.9 Å². The lowest BCUT2D eigenvalue weighted by Crippen LogP contribution is -2.27. The van der Waals surface area contributed by atoms with Crippen LogP contribution in [0.3, 0.4) is 0 Å². The van der Waals surface area contributed by atoms with Crippen LogP contribution < -0.4 is 5.32 Å². The summed E-state index contributed by atoms with van der Waals surface area (Å²) < 4.78 is 20.2. The Kier molecular flexibility index (Phi) is 8.47. The molecule has 1 N–H and O–H groups in total. The maximum Gasteiger partial charge on any atom is 0.292 e. The molecule has 0 aromatic carbocycles. The number of hydrogen-bond acceptors (Lipinski definition) is 7. The summed E-state index contributed by atoms with van der Waals surface area (Å²) in [7, 11) is 2.85. The number of nitrogens with one attached hydrogen (secondary N) is 1. The maximum absolute atomic E-state index is 14.4. The number of hydrogen-bond donors (Lipinski definition) is 1. The minimum absolute atomic E-state index is 0.265. The SMILES string of the molecule is COC=O.Cc1cnc2c(c1)c(-c1ncc(F)c(NC3CCCC(C)C3)n1)cn2SI. The first-order valence-electron chi connectivity index (χ1n) is 9.99. The zero-order valence-corrected chi connectivity index (χ0v) is 20.6. The summed E-state index contributed by atoms with van der Waals surface area (Å²) in [5.74, 6) is 1.07. The number of ether oxygens (including phenoxy) is 1. The van der Waals surface area contributed by atoms with Gasteiger partial charge in [0, 0.05) is 59.7 Å². The van der Waals surface area contributed by atoms with Crippen molar-refractivity contribution in [1.82, 2.24) is 18.9 Å². The van der Waals surface area contributed by atoms with E-state index < -0.39 is 5.82 Å². The molecule has 166 valence electrons. The summed E-state index contributed by atoms with van der Waals surface area (Å²) in [5.41, 5.74) is 2.79. The van der Waals surface area contributed by atoms with Gasteiger partial charge in [-0.2, -0.15) is 0 Å². The van der Waals surface area contributed by atoms with E-state index in [1.807, 2.05) is 23.3 Å². The number of pyridine rings is 1. The first kappa shape index (κ1) is 23.7. The molecule has 4 rings (SSSR count). The third-order valence-electron chi connectivity index (χ3n) is 5.18. The first-order chi connectivity index (χ1) is 15.0. The Morgan fingerprint density at radius 2 is 2.13 bits per heavy atom. The molecule has 1 fully saturated rings. The monoisotopic (exact) mass is 557 g/mol. The molecule has 0 amide bonds. The quantitative estimate of drug-likeness (QED) is 0.325. The second-order valence-corrected chi connectivity index (χ2v) is 9.37. The van der Waals surface area contributed by atoms with Crippen molar-refractivity contribution >= 4 is 53.6 Å². The lowest BCUT2D eigenvalue weighted by Gasteiger charge is -2.28. The number of carbonyl (C=O) groups excluding carboxylic acids is 1. The Morgan fingerprint density at radius 3 is 2.81 bits per heavy atom. The molecule has 10 heteroatoms. The Balaban J connectivity index is 0.000000628. The minimum atomic E-state index is -0.404. The van der Waals surface area contributed by atoms with Gasteiger partial charge in [0.1, 0.15) is 0 Å². The zero-order chi connectivity index (χ0) is 22.4. The average Bonchev–Trinajstić information content (AvgIpc) is 3.13. The first-order valence-corrected chi connectivity index (χ1v) is 13.3. The van der Waals surface area contributed by atoms with Gasteiger partial charge < -0.3 is 10.1 Å². The molecule has 0 saturated heterocycles. The van der Waals surface area contributed by atoms with Gasteiger partial charge in [-0.3, -0.25) is 8.77 Å². The largest absolute Gasteiger partial charge is 0.471 e. The number of halogens is 2. The summed E-state index contributed by atoms with van der Waals surface area (Å²) in [4.78, 5) is 22.3. The van der Waals surface area contributed by atoms with E-state index in [2.05, 4.69) is 59.2 Å². The van der Waals surface area contributed by atoms with Gasteiger partial charge in [-0.25, -0.2) is 19.3 Å². The number of methoxy groups -OCH3 is 1. The number of fused-ring (bicyclic) bond motifs is 1. The molecule has 3 aromatic rings. The molecule has 1 aliphatic carbocycles. The van der Waals surface area contributed by atoms with Crippen molar-refractivity contribution in [3.63, 3.8) is 0 Å². The predicted octanol–water partition coefficient (Wildman–Crippen LogP) is 5.57. The van der Waals surface area contributed by atoms with Gasteiger partial charge in [0.15, 0.2) is 23.1 Å². The molecule has 2 unspecified atom stereocenters. The maximum atomic E-state index is 14.4. The molecule has 1 aliphatic rings. The number of aryl methyl sites for hydroxylation is 1. The Bertz CT molecular complexity index is 1050. The lowest BCUT2D eigenvalue weighted by atomic mass is 9.87. The molecule has 0 spiro atoms. The summed E-state index contributed by atoms with van der Waals surface area (Å²) in [6.07, 6.45) is 9.59. The van der Waals surface area contributed by atoms with Crippen LogP contribution in [-0.2, 0) is 9.53 Å². The van der Waals surface area contributed by atoms with E-state index in [4.69, 9.17) is 4.79 Å². The number of aromatic nitrogens is 4. The average molecular weight is 557 g/mol. The van der Waals surface area contributed by atoms with Crippen molar-refractivity contribution in [3.8, 4) is 11.4 Å². The van der Waals surface area contributed by atoms with Gasteiger partial charge >= 0.3 is 0 Å². The third-order valence-corrected chi connectivity index (χ3v) is 6.88. The van der Waals surface area contributed by atoms with E-state index in [9.17, 15) is 4.39 Å². The molecule has 0 radical (unpaired) electrons. The number of anilines is 1. The van der Waals surface area contributed by atoms with Crippen LogP contribution in [0.1, 0.15) is 38.2 Å². The third kappa shape index (κ3) is 5.85. The van der Waals surface area contributed by atoms with Crippen LogP contribution in [0.2, 0.25) is 0 Å². The zero-order valence-electron chi connectivity index (χ0n) is 17.6. The Morgan fingerprint density at radius 1 is 1.35 bits per heavy atom. The standard InChI is InChI=1S/C19H21FIN5S.C2H4O2/c1-11-4-3-5-13(6-11)24-18-16(20)9-22-17(25-18)15-10-26(27-21)19-14(15)7-12(2)8-23-19;1-4-2-3/h7-11,13H,3-6H2,1-2H3,(H,22,24,25);2H,1H3. The highest BCUT2D eigenvalue weighted by Crippen LogP contribution is 2.33. The van der Waals surface area contributed by atoms with Crippen LogP contribution in [0.4, 0.5) is 10.2 Å². The van der Waals surface area contributed by atoms with E-state index in [1.54, 1.807) is 0 Å². The van der Waals surface area contributed by atoms with Crippen LogP contribution in [0, 0.1) is 18.7 Å². The number of nitrogens with zero attached hydrogens (tertiary/aromatic N) is 4. The van der Waals surface area contributed by atoms with E-state index in [1.165, 1.54) is 35.3 Å². The van der Waals surface area contributed by atoms with E-state index in [-0.39, 0.29) is 6.04 Å². The van der Waals surface area contributed by atoms with Crippen molar-refractivity contribution < 1.29 is 13.9 Å². The fourth-order valence-electron chi connectivity index (χ4n) is 3.77. The number of rotatable bonds is 5. The molecule has 0 aliphatic heterocycles. The fraction of sp³-hybridized carbons (Fsp3) is 0.429. The van der Waals surface area contributed by atoms with Gasteiger partial charge in [-0.05, 0) is 37.3 Å². The minimum Gasteiger partial charge on any atom is -0.471 e. The van der Waals surface area contributed by atoms with Gasteiger partial charge in [-0.1, -0.05) is 19.8 Å². The van der Waals surface area contributed by atoms with Crippen LogP contribution in [-0.4, -0.2) is 38.5 Å². The number of carbonyl (C=O) groups is 1. The smallest absolute Gasteiger partial charge is 0.292 e. The van der Waals surface area contributed by atoms with Gasteiger partial charge in [0.2, 0.25) is 0 Å². The highest BCUT2D eigenvalue weighted by atomic mass is 127. The molecule has 0 bridgehead atoms. The van der Waals surface area contributed by atoms with E-state index in [0.29, 0.717) is 24.0 Å². The Labute approximate surface area is 197 Å². The van der Waals surface area contributed by atoms with Crippen molar-refractivity contribution in [2.45, 2.75) is 45.6 Å². The summed E-state index contributed by atoms with van der Waals surface area (Å²) in [6.45, 7) is 4.63. The molecule has 1 saturated carbocycles. The summed E-state index contributed by atoms with van der Waals surface area (Å²) >= 11 is 2.22. The van der Waals surface area contributed by atoms with E-state index in [0.717, 1.165) is 35.0 Å². The molecule has 3 heterocycles. The van der Waals surface area contributed by atoms with Gasteiger partial charge in [0.25, 0.3) is 6.47 Å². The van der Waals surface area contributed by atoms with Crippen LogP contribution in [0.15, 0.2) is 24.7 Å². The Hall–Kier alpha value is -1.95. The normalized spacial score (nSPS) is 18.2. The molecular formula is C21H25FIN5O2S. The highest BCUT2D eigenvalue weighted by Gasteiger charge is 2.21. The molecular weight excluding hydrogens is 532 g/mol. The fourth-order valence-corrected chi connectivity index (χ4v) is 5.03. The van der Waals surface area contributed by atoms with Crippen molar-refractivity contribution in [2.75, 3.05) is 12.4 Å². The van der Waals surface area contributed by atoms with Crippen molar-refractivity contribution in [3.05, 3.63) is 36.0 Å². The molecule has 31 heavy (non-hydrogen) atoms. The van der Waals surface area contributed by atoms with Gasteiger partial charge in [0.05, 0.1) is 13.3 Å². The van der Waals surface area contributed by atoms with Crippen molar-refractivity contribution in [2.24, 2.45) is 5.92 Å². The van der Waals surface area contributed by atoms with Crippen LogP contribution >= 0.6 is 30.3 Å². The second-order valence-electron chi connectivity index (χ2n) is 7.66. The highest BCUT2D eigenvalue weighted by molar-refractivity contribution is 14.2. The van der Waals surface area contributed by atoms with Crippen molar-refractivity contribution in [1.29, 1.82) is 0 Å². The summed E-state index contributed by atoms with van der Waals surface area (Å²) in [6, 6.07) is 2.34. The molecule has 2 atom stereocenters. The second kappa shape index (κ2) is 11.1. The molecule has 3 aromatic heterocycles. The van der Waals surface area contributed by atoms with Crippen LogP contribution in [0.5, 0.6) is 0 Å². The summed E-state index contributed by atoms with van der Waals surface area (Å²) in [5, 5.41) is 4.29. The predicted molar refractivity (Wildman–Crippen MR) is 131 cm³/mol. The van der Waals surface area contributed by atoms with Gasteiger partial charge in [-0.15, -0.1) is 0 Å². The lowest BCUT2D eigenvalue weighted by molar-refractivity contribution is -0.126. The molecule has 7 nitrogen and oxygen atoms in total. The van der Waals surface area contributed by atoms with E-state index >= 15 is 0 Å². The van der Waals surface area contributed by atoms with Crippen LogP contribution in [0.25, 0.3) is 22.4 Å².